The number of carbonyl (C=O) groups excluding carboxylic acids is 1. The molecule has 1 amide bonds. The van der Waals surface area contributed by atoms with Gasteiger partial charge in [-0.15, -0.1) is 0 Å². The summed E-state index contributed by atoms with van der Waals surface area (Å²) >= 11 is 0. The van der Waals surface area contributed by atoms with E-state index in [4.69, 9.17) is 0 Å². The first kappa shape index (κ1) is 11.0. The van der Waals surface area contributed by atoms with E-state index >= 15 is 0 Å². The molecule has 0 unspecified atom stereocenters. The van der Waals surface area contributed by atoms with Crippen molar-refractivity contribution < 1.29 is 4.79 Å². The van der Waals surface area contributed by atoms with Crippen LogP contribution < -0.4 is 5.32 Å². The fourth-order valence-corrected chi connectivity index (χ4v) is 0.911. The third-order valence-corrected chi connectivity index (χ3v) is 1.55. The molecule has 0 fully saturated rings. The highest BCUT2D eigenvalue weighted by atomic mass is 16.1. The number of unbranched alkanes of at least 4 members (excludes halogenated alkanes) is 3. The summed E-state index contributed by atoms with van der Waals surface area (Å²) in [6.45, 7) is 4.59. The van der Waals surface area contributed by atoms with Gasteiger partial charge in [0.05, 0.1) is 0 Å². The van der Waals surface area contributed by atoms with Gasteiger partial charge in [0.2, 0.25) is 0 Å². The van der Waals surface area contributed by atoms with Crippen molar-refractivity contribution in [1.82, 2.24) is 5.32 Å². The van der Waals surface area contributed by atoms with E-state index in [1.54, 1.807) is 6.92 Å². The maximum atomic E-state index is 10.8. The molecule has 0 atom stereocenters. The summed E-state index contributed by atoms with van der Waals surface area (Å²) in [5.41, 5.74) is 0. The van der Waals surface area contributed by atoms with Crippen LogP contribution in [0.15, 0.2) is 0 Å². The van der Waals surface area contributed by atoms with E-state index in [2.05, 4.69) is 24.1 Å². The molecule has 2 nitrogen and oxygen atoms in total. The maximum Gasteiger partial charge on any atom is 0.295 e. The zero-order chi connectivity index (χ0) is 9.23. The molecule has 0 aromatic rings. The largest absolute Gasteiger partial charge is 0.345 e. The molecule has 0 radical (unpaired) electrons. The molecule has 0 rings (SSSR count). The Morgan fingerprint density at radius 2 is 2.08 bits per heavy atom. The van der Waals surface area contributed by atoms with Gasteiger partial charge in [-0.25, -0.2) is 0 Å². The van der Waals surface area contributed by atoms with Crippen LogP contribution in [0.25, 0.3) is 0 Å². The monoisotopic (exact) mass is 167 g/mol. The second-order valence-corrected chi connectivity index (χ2v) is 2.69. The molecule has 0 bridgehead atoms. The molecule has 0 saturated heterocycles. The van der Waals surface area contributed by atoms with Crippen molar-refractivity contribution >= 4 is 5.91 Å². The molecular formula is C10H17NO. The van der Waals surface area contributed by atoms with Crippen molar-refractivity contribution in [3.8, 4) is 11.8 Å². The molecule has 1 N–H and O–H groups in total. The second-order valence-electron chi connectivity index (χ2n) is 2.69. The van der Waals surface area contributed by atoms with Crippen molar-refractivity contribution in [2.45, 2.75) is 39.5 Å². The second kappa shape index (κ2) is 8.13. The van der Waals surface area contributed by atoms with Crippen LogP contribution in [0.3, 0.4) is 0 Å². The van der Waals surface area contributed by atoms with Crippen LogP contribution in [0.1, 0.15) is 39.5 Å². The summed E-state index contributed by atoms with van der Waals surface area (Å²) in [4.78, 5) is 10.8. The highest BCUT2D eigenvalue weighted by Crippen LogP contribution is 1.96. The fraction of sp³-hybridized carbons (Fsp3) is 0.700. The van der Waals surface area contributed by atoms with Crippen molar-refractivity contribution in [2.24, 2.45) is 0 Å². The summed E-state index contributed by atoms with van der Waals surface area (Å²) in [7, 11) is 0. The summed E-state index contributed by atoms with van der Waals surface area (Å²) in [5.74, 6) is 4.84. The van der Waals surface area contributed by atoms with Gasteiger partial charge >= 0.3 is 0 Å². The van der Waals surface area contributed by atoms with Crippen LogP contribution in [-0.2, 0) is 4.79 Å². The molecule has 0 aliphatic carbocycles. The molecule has 12 heavy (non-hydrogen) atoms. The van der Waals surface area contributed by atoms with E-state index in [0.717, 1.165) is 13.0 Å². The van der Waals surface area contributed by atoms with E-state index in [9.17, 15) is 4.79 Å². The molecule has 0 heterocycles. The number of hydrogen-bond acceptors (Lipinski definition) is 1. The molecule has 2 heteroatoms. The third kappa shape index (κ3) is 7.14. The van der Waals surface area contributed by atoms with Gasteiger partial charge in [-0.05, 0) is 19.3 Å². The zero-order valence-electron chi connectivity index (χ0n) is 7.94. The molecular weight excluding hydrogens is 150 g/mol. The van der Waals surface area contributed by atoms with Gasteiger partial charge in [0.25, 0.3) is 5.91 Å². The lowest BCUT2D eigenvalue weighted by Crippen LogP contribution is -2.22. The minimum absolute atomic E-state index is 0.158. The van der Waals surface area contributed by atoms with Gasteiger partial charge < -0.3 is 5.32 Å². The lowest BCUT2D eigenvalue weighted by molar-refractivity contribution is -0.115. The quantitative estimate of drug-likeness (QED) is 0.490. The average Bonchev–Trinajstić information content (AvgIpc) is 2.05. The van der Waals surface area contributed by atoms with E-state index < -0.39 is 0 Å². The van der Waals surface area contributed by atoms with Crippen LogP contribution in [0, 0.1) is 11.8 Å². The van der Waals surface area contributed by atoms with Gasteiger partial charge in [-0.3, -0.25) is 4.79 Å². The number of hydrogen-bond donors (Lipinski definition) is 1. The average molecular weight is 167 g/mol. The molecule has 0 aliphatic rings. The van der Waals surface area contributed by atoms with Crippen LogP contribution in [0.4, 0.5) is 0 Å². The topological polar surface area (TPSA) is 29.1 Å². The van der Waals surface area contributed by atoms with Gasteiger partial charge in [0, 0.05) is 6.54 Å². The van der Waals surface area contributed by atoms with E-state index in [0.29, 0.717) is 0 Å². The van der Waals surface area contributed by atoms with Gasteiger partial charge in [-0.1, -0.05) is 32.1 Å². The van der Waals surface area contributed by atoms with Crippen LogP contribution in [0.2, 0.25) is 0 Å². The van der Waals surface area contributed by atoms with E-state index in [-0.39, 0.29) is 5.91 Å². The molecule has 68 valence electrons. The van der Waals surface area contributed by atoms with Gasteiger partial charge in [-0.2, -0.15) is 0 Å². The number of carbonyl (C=O) groups is 1. The number of nitrogens with one attached hydrogen (secondary N) is 1. The van der Waals surface area contributed by atoms with Crippen molar-refractivity contribution in [2.75, 3.05) is 6.54 Å². The molecule has 0 saturated carbocycles. The Hall–Kier alpha value is -0.970. The van der Waals surface area contributed by atoms with Crippen LogP contribution >= 0.6 is 0 Å². The van der Waals surface area contributed by atoms with Gasteiger partial charge in [0.15, 0.2) is 0 Å². The molecule has 0 spiro atoms. The van der Waals surface area contributed by atoms with Crippen LogP contribution in [-0.4, -0.2) is 12.5 Å². The molecule has 0 aliphatic heterocycles. The third-order valence-electron chi connectivity index (χ3n) is 1.55. The first-order valence-corrected chi connectivity index (χ1v) is 4.51. The minimum atomic E-state index is -0.158. The summed E-state index contributed by atoms with van der Waals surface area (Å²) in [5, 5.41) is 2.73. The predicted molar refractivity (Wildman–Crippen MR) is 50.6 cm³/mol. The minimum Gasteiger partial charge on any atom is -0.345 e. The Labute approximate surface area is 74.7 Å². The Morgan fingerprint density at radius 1 is 1.33 bits per heavy atom. The highest BCUT2D eigenvalue weighted by molar-refractivity contribution is 5.93. The molecule has 0 aromatic carbocycles. The molecule has 0 aromatic heterocycles. The summed E-state index contributed by atoms with van der Waals surface area (Å²) in [6, 6.07) is 0. The van der Waals surface area contributed by atoms with Crippen molar-refractivity contribution in [3.05, 3.63) is 0 Å². The van der Waals surface area contributed by atoms with E-state index in [1.165, 1.54) is 19.3 Å². The SMILES string of the molecule is CC#CC(=O)NCCCCCC. The first-order chi connectivity index (χ1) is 5.81. The van der Waals surface area contributed by atoms with Crippen molar-refractivity contribution in [1.29, 1.82) is 0 Å². The lowest BCUT2D eigenvalue weighted by Gasteiger charge is -1.99. The Kier molecular flexibility index (Phi) is 7.47. The Balaban J connectivity index is 3.18. The maximum absolute atomic E-state index is 10.8. The Morgan fingerprint density at radius 3 is 2.67 bits per heavy atom. The summed E-state index contributed by atoms with van der Waals surface area (Å²) in [6.07, 6.45) is 4.72. The van der Waals surface area contributed by atoms with Gasteiger partial charge in [0.1, 0.15) is 0 Å². The van der Waals surface area contributed by atoms with Crippen molar-refractivity contribution in [3.63, 3.8) is 0 Å². The zero-order valence-corrected chi connectivity index (χ0v) is 7.94. The normalized spacial score (nSPS) is 8.50. The smallest absolute Gasteiger partial charge is 0.295 e. The summed E-state index contributed by atoms with van der Waals surface area (Å²) < 4.78 is 0. The standard InChI is InChI=1S/C10H17NO/c1-3-5-6-7-9-11-10(12)8-4-2/h3,5-7,9H2,1-2H3,(H,11,12). The highest BCUT2D eigenvalue weighted by Gasteiger charge is 1.92. The first-order valence-electron chi connectivity index (χ1n) is 4.51. The predicted octanol–water partition coefficient (Wildman–Crippen LogP) is 1.71. The lowest BCUT2D eigenvalue weighted by atomic mass is 10.2. The number of amides is 1. The van der Waals surface area contributed by atoms with Crippen LogP contribution in [0.5, 0.6) is 0 Å². The Bertz CT molecular complexity index is 176. The fourth-order valence-electron chi connectivity index (χ4n) is 0.911. The number of rotatable bonds is 5. The van der Waals surface area contributed by atoms with E-state index in [1.807, 2.05) is 0 Å².